The number of amides is 1. The maximum absolute atomic E-state index is 13.3. The second-order valence-corrected chi connectivity index (χ2v) is 5.91. The van der Waals surface area contributed by atoms with Crippen molar-refractivity contribution in [1.29, 1.82) is 0 Å². The average Bonchev–Trinajstić information content (AvgIpc) is 3.04. The molecular weight excluding hydrogens is 271 g/mol. The van der Waals surface area contributed by atoms with E-state index in [1.165, 1.54) is 12.1 Å². The molecule has 2 fully saturated rings. The van der Waals surface area contributed by atoms with Gasteiger partial charge in [-0.15, -0.1) is 0 Å². The van der Waals surface area contributed by atoms with Crippen molar-refractivity contribution in [3.8, 4) is 0 Å². The van der Waals surface area contributed by atoms with Gasteiger partial charge in [0.2, 0.25) is 5.91 Å². The van der Waals surface area contributed by atoms with Crippen LogP contribution in [0.4, 0.5) is 4.39 Å². The van der Waals surface area contributed by atoms with Crippen LogP contribution in [0.3, 0.4) is 0 Å². The van der Waals surface area contributed by atoms with E-state index in [2.05, 4.69) is 6.08 Å². The molecule has 1 aromatic rings. The molecule has 1 amide bonds. The zero-order chi connectivity index (χ0) is 14.6. The Morgan fingerprint density at radius 3 is 2.95 bits per heavy atom. The molecule has 21 heavy (non-hydrogen) atoms. The van der Waals surface area contributed by atoms with E-state index >= 15 is 0 Å². The summed E-state index contributed by atoms with van der Waals surface area (Å²) in [5.41, 5.74) is 1.79. The Morgan fingerprint density at radius 2 is 2.14 bits per heavy atom. The van der Waals surface area contributed by atoms with Gasteiger partial charge < -0.3 is 0 Å². The average molecular weight is 286 g/mol. The van der Waals surface area contributed by atoms with Gasteiger partial charge >= 0.3 is 0 Å². The van der Waals surface area contributed by atoms with Crippen molar-refractivity contribution in [1.82, 2.24) is 10.0 Å². The standard InChI is InChI=1S/C16H15FN2O2/c17-12-3-1-2-10(6-12)9-18-15(21)8-14(20)16-11-4-5-13(7-11)19(16)18/h1-3,5-6,11,16H,4,7-9H2/t11-,16-/m0/s1. The van der Waals surface area contributed by atoms with Crippen LogP contribution in [0, 0.1) is 11.7 Å². The number of allylic oxidation sites excluding steroid dienone is 2. The minimum atomic E-state index is -0.313. The van der Waals surface area contributed by atoms with Gasteiger partial charge in [-0.3, -0.25) is 14.6 Å². The van der Waals surface area contributed by atoms with Crippen molar-refractivity contribution in [2.24, 2.45) is 5.92 Å². The van der Waals surface area contributed by atoms with Gasteiger partial charge in [-0.05, 0) is 36.5 Å². The molecule has 0 radical (unpaired) electrons. The first kappa shape index (κ1) is 12.6. The molecule has 3 aliphatic rings. The van der Waals surface area contributed by atoms with Gasteiger partial charge in [0.1, 0.15) is 11.9 Å². The first-order valence-electron chi connectivity index (χ1n) is 7.19. The van der Waals surface area contributed by atoms with Crippen molar-refractivity contribution in [3.63, 3.8) is 0 Å². The number of carbonyl (C=O) groups excluding carboxylic acids is 2. The third kappa shape index (κ3) is 1.87. The smallest absolute Gasteiger partial charge is 0.248 e. The fraction of sp³-hybridized carbons (Fsp3) is 0.375. The molecule has 5 heteroatoms. The van der Waals surface area contributed by atoms with Crippen LogP contribution in [-0.2, 0) is 16.1 Å². The first-order chi connectivity index (χ1) is 10.1. The van der Waals surface area contributed by atoms with Crippen LogP contribution >= 0.6 is 0 Å². The Bertz CT molecular complexity index is 670. The number of Topliss-reactive ketones (excluding diaryl/α,β-unsaturated/α-hetero) is 1. The molecular formula is C16H15FN2O2. The second kappa shape index (κ2) is 4.41. The first-order valence-corrected chi connectivity index (χ1v) is 7.19. The van der Waals surface area contributed by atoms with E-state index in [4.69, 9.17) is 0 Å². The Hall–Kier alpha value is -2.17. The fourth-order valence-corrected chi connectivity index (χ4v) is 3.67. The van der Waals surface area contributed by atoms with Crippen LogP contribution in [0.5, 0.6) is 0 Å². The molecule has 2 aliphatic heterocycles. The lowest BCUT2D eigenvalue weighted by Crippen LogP contribution is -2.57. The van der Waals surface area contributed by atoms with Crippen molar-refractivity contribution >= 4 is 11.7 Å². The molecule has 0 saturated carbocycles. The van der Waals surface area contributed by atoms with Crippen LogP contribution in [0.15, 0.2) is 36.0 Å². The molecule has 4 rings (SSSR count). The number of carbonyl (C=O) groups is 2. The number of fused-ring (bicyclic) bond motifs is 5. The van der Waals surface area contributed by atoms with Crippen LogP contribution in [-0.4, -0.2) is 27.8 Å². The Balaban J connectivity index is 1.67. The highest BCUT2D eigenvalue weighted by Crippen LogP contribution is 2.45. The summed E-state index contributed by atoms with van der Waals surface area (Å²) in [5, 5.41) is 3.47. The van der Waals surface area contributed by atoms with Gasteiger partial charge in [0.25, 0.3) is 0 Å². The number of rotatable bonds is 2. The zero-order valence-electron chi connectivity index (χ0n) is 11.5. The molecule has 0 N–H and O–H groups in total. The number of nitrogens with zero attached hydrogens (tertiary/aromatic N) is 2. The molecule has 2 atom stereocenters. The maximum Gasteiger partial charge on any atom is 0.248 e. The van der Waals surface area contributed by atoms with E-state index in [-0.39, 0.29) is 30.0 Å². The predicted octanol–water partition coefficient (Wildman–Crippen LogP) is 2.02. The number of hydrogen-bond donors (Lipinski definition) is 0. The van der Waals surface area contributed by atoms with E-state index in [0.29, 0.717) is 12.5 Å². The van der Waals surface area contributed by atoms with Crippen LogP contribution in [0.1, 0.15) is 24.8 Å². The highest BCUT2D eigenvalue weighted by Gasteiger charge is 2.51. The molecule has 1 aromatic carbocycles. The molecule has 2 saturated heterocycles. The number of hydrazine groups is 1. The third-order valence-corrected chi connectivity index (χ3v) is 4.56. The second-order valence-electron chi connectivity index (χ2n) is 5.91. The topological polar surface area (TPSA) is 40.6 Å². The van der Waals surface area contributed by atoms with Crippen LogP contribution < -0.4 is 0 Å². The van der Waals surface area contributed by atoms with Crippen LogP contribution in [0.2, 0.25) is 0 Å². The van der Waals surface area contributed by atoms with Gasteiger partial charge in [-0.25, -0.2) is 9.40 Å². The summed E-state index contributed by atoms with van der Waals surface area (Å²) in [6.07, 6.45) is 3.85. The predicted molar refractivity (Wildman–Crippen MR) is 73.0 cm³/mol. The van der Waals surface area contributed by atoms with Gasteiger partial charge in [0, 0.05) is 5.70 Å². The summed E-state index contributed by atoms with van der Waals surface area (Å²) in [5.74, 6) is -0.195. The van der Waals surface area contributed by atoms with Crippen molar-refractivity contribution < 1.29 is 14.0 Å². The monoisotopic (exact) mass is 286 g/mol. The van der Waals surface area contributed by atoms with Crippen LogP contribution in [0.25, 0.3) is 0 Å². The number of benzene rings is 1. The summed E-state index contributed by atoms with van der Waals surface area (Å²) in [6, 6.07) is 6.05. The Kier molecular flexibility index (Phi) is 2.64. The Labute approximate surface area is 121 Å². The molecule has 0 aromatic heterocycles. The molecule has 4 nitrogen and oxygen atoms in total. The lowest BCUT2D eigenvalue weighted by atomic mass is 9.93. The molecule has 1 aliphatic carbocycles. The van der Waals surface area contributed by atoms with Gasteiger partial charge in [0.15, 0.2) is 5.78 Å². The van der Waals surface area contributed by atoms with Crippen molar-refractivity contribution in [3.05, 3.63) is 47.4 Å². The summed E-state index contributed by atoms with van der Waals surface area (Å²) >= 11 is 0. The maximum atomic E-state index is 13.3. The Morgan fingerprint density at radius 1 is 1.29 bits per heavy atom. The SMILES string of the molecule is O=C1CC(=O)N(Cc2cccc(F)c2)N2C3=CC[C@@H](C3)[C@@H]12. The van der Waals surface area contributed by atoms with E-state index in [1.54, 1.807) is 17.1 Å². The van der Waals surface area contributed by atoms with E-state index in [1.807, 2.05) is 5.01 Å². The molecule has 2 bridgehead atoms. The lowest BCUT2D eigenvalue weighted by molar-refractivity contribution is -0.164. The fourth-order valence-electron chi connectivity index (χ4n) is 3.67. The minimum Gasteiger partial charge on any atom is -0.297 e. The molecule has 0 unspecified atom stereocenters. The van der Waals surface area contributed by atoms with Crippen molar-refractivity contribution in [2.75, 3.05) is 0 Å². The summed E-state index contributed by atoms with van der Waals surface area (Å²) in [4.78, 5) is 24.4. The van der Waals surface area contributed by atoms with E-state index in [9.17, 15) is 14.0 Å². The normalized spacial score (nSPS) is 27.2. The molecule has 0 spiro atoms. The zero-order valence-corrected chi connectivity index (χ0v) is 11.5. The van der Waals surface area contributed by atoms with Gasteiger partial charge in [-0.1, -0.05) is 18.2 Å². The highest BCUT2D eigenvalue weighted by molar-refractivity contribution is 6.03. The quantitative estimate of drug-likeness (QED) is 0.781. The summed E-state index contributed by atoms with van der Waals surface area (Å²) in [6.45, 7) is 0.310. The largest absolute Gasteiger partial charge is 0.297 e. The number of hydrogen-bond acceptors (Lipinski definition) is 3. The lowest BCUT2D eigenvalue weighted by Gasteiger charge is -2.43. The van der Waals surface area contributed by atoms with Crippen molar-refractivity contribution in [2.45, 2.75) is 31.8 Å². The minimum absolute atomic E-state index is 0.0172. The summed E-state index contributed by atoms with van der Waals surface area (Å²) in [7, 11) is 0. The third-order valence-electron chi connectivity index (χ3n) is 4.56. The number of ketones is 1. The molecule has 2 heterocycles. The van der Waals surface area contributed by atoms with Gasteiger partial charge in [-0.2, -0.15) is 0 Å². The van der Waals surface area contributed by atoms with E-state index < -0.39 is 0 Å². The highest BCUT2D eigenvalue weighted by atomic mass is 19.1. The number of halogens is 1. The van der Waals surface area contributed by atoms with Gasteiger partial charge in [0.05, 0.1) is 13.0 Å². The summed E-state index contributed by atoms with van der Waals surface area (Å²) < 4.78 is 13.3. The molecule has 108 valence electrons. The van der Waals surface area contributed by atoms with E-state index in [0.717, 1.165) is 24.1 Å².